The molecule has 0 saturated heterocycles. The van der Waals surface area contributed by atoms with Crippen molar-refractivity contribution in [2.24, 2.45) is 5.92 Å². The van der Waals surface area contributed by atoms with Crippen LogP contribution in [0, 0.1) is 5.92 Å². The van der Waals surface area contributed by atoms with Crippen LogP contribution >= 0.6 is 11.3 Å². The maximum absolute atomic E-state index is 13.0. The summed E-state index contributed by atoms with van der Waals surface area (Å²) >= 11 is 1.73. The minimum atomic E-state index is -0.0325. The minimum absolute atomic E-state index is 0.0325. The second kappa shape index (κ2) is 9.43. The number of para-hydroxylation sites is 1. The Bertz CT molecular complexity index is 989. The molecule has 156 valence electrons. The van der Waals surface area contributed by atoms with Gasteiger partial charge in [-0.1, -0.05) is 36.4 Å². The lowest BCUT2D eigenvalue weighted by atomic mass is 9.82. The van der Waals surface area contributed by atoms with E-state index in [9.17, 15) is 4.79 Å². The smallest absolute Gasteiger partial charge is 0.224 e. The molecule has 1 aliphatic carbocycles. The molecule has 5 heteroatoms. The van der Waals surface area contributed by atoms with Gasteiger partial charge >= 0.3 is 0 Å². The van der Waals surface area contributed by atoms with Gasteiger partial charge in [-0.15, -0.1) is 11.3 Å². The molecule has 2 atom stereocenters. The van der Waals surface area contributed by atoms with Gasteiger partial charge < -0.3 is 10.2 Å². The summed E-state index contributed by atoms with van der Waals surface area (Å²) in [5, 5.41) is 4.27. The highest BCUT2D eigenvalue weighted by Gasteiger charge is 2.32. The highest BCUT2D eigenvalue weighted by molar-refractivity contribution is 7.18. The van der Waals surface area contributed by atoms with Crippen molar-refractivity contribution in [1.29, 1.82) is 0 Å². The van der Waals surface area contributed by atoms with Gasteiger partial charge in [-0.2, -0.15) is 0 Å². The van der Waals surface area contributed by atoms with Gasteiger partial charge in [0.25, 0.3) is 0 Å². The van der Waals surface area contributed by atoms with E-state index in [1.54, 1.807) is 11.3 Å². The molecule has 1 amide bonds. The topological polar surface area (TPSA) is 45.2 Å². The maximum atomic E-state index is 13.0. The van der Waals surface area contributed by atoms with Gasteiger partial charge in [0.15, 0.2) is 0 Å². The third-order valence-electron chi connectivity index (χ3n) is 5.79. The number of thiazole rings is 1. The average molecular weight is 420 g/mol. The lowest BCUT2D eigenvalue weighted by molar-refractivity contribution is -0.125. The lowest BCUT2D eigenvalue weighted by Gasteiger charge is -2.26. The number of anilines is 1. The molecule has 0 bridgehead atoms. The van der Waals surface area contributed by atoms with Crippen molar-refractivity contribution in [3.05, 3.63) is 71.3 Å². The van der Waals surface area contributed by atoms with Crippen LogP contribution in [0.15, 0.2) is 60.7 Å². The quantitative estimate of drug-likeness (QED) is 0.425. The molecule has 0 spiro atoms. The molecule has 0 fully saturated rings. The van der Waals surface area contributed by atoms with E-state index in [-0.39, 0.29) is 17.7 Å². The molecule has 0 radical (unpaired) electrons. The van der Waals surface area contributed by atoms with Crippen LogP contribution in [-0.2, 0) is 11.2 Å². The first kappa shape index (κ1) is 20.6. The first-order chi connectivity index (χ1) is 14.6. The van der Waals surface area contributed by atoms with Gasteiger partial charge in [-0.05, 0) is 55.5 Å². The highest BCUT2D eigenvalue weighted by Crippen LogP contribution is 2.38. The fourth-order valence-corrected chi connectivity index (χ4v) is 5.17. The van der Waals surface area contributed by atoms with Crippen LogP contribution in [-0.4, -0.2) is 31.5 Å². The zero-order chi connectivity index (χ0) is 20.9. The van der Waals surface area contributed by atoms with Crippen LogP contribution in [0.1, 0.15) is 35.8 Å². The van der Waals surface area contributed by atoms with Crippen molar-refractivity contribution in [2.45, 2.75) is 31.6 Å². The van der Waals surface area contributed by atoms with Crippen molar-refractivity contribution in [1.82, 2.24) is 10.3 Å². The predicted octanol–water partition coefficient (Wildman–Crippen LogP) is 5.16. The Morgan fingerprint density at radius 3 is 2.63 bits per heavy atom. The number of nitrogens with one attached hydrogen (secondary N) is 1. The Hall–Kier alpha value is -2.66. The molecular formula is C25H29N3OS. The predicted molar refractivity (Wildman–Crippen MR) is 126 cm³/mol. The van der Waals surface area contributed by atoms with E-state index in [4.69, 9.17) is 4.98 Å². The molecule has 30 heavy (non-hydrogen) atoms. The van der Waals surface area contributed by atoms with Gasteiger partial charge in [0.05, 0.1) is 21.1 Å². The first-order valence-corrected chi connectivity index (χ1v) is 11.5. The summed E-state index contributed by atoms with van der Waals surface area (Å²) in [5.74, 6) is 0.299. The Balaban J connectivity index is 1.33. The molecule has 0 saturated carbocycles. The molecule has 1 aromatic heterocycles. The molecule has 1 aliphatic rings. The fourth-order valence-electron chi connectivity index (χ4n) is 4.02. The standard InChI is InChI=1S/C25H29N3OS/c1-28(2)19-15-13-18(14-16-19)8-7-17-26-24(29)20-9-3-4-10-21(20)25-27-22-11-5-6-12-23(22)30-25/h3-6,11-16,20-21H,7-10,17H2,1-2H3,(H,26,29). The molecule has 1 heterocycles. The first-order valence-electron chi connectivity index (χ1n) is 10.7. The number of allylic oxidation sites excluding steroid dienone is 2. The molecule has 3 aromatic rings. The summed E-state index contributed by atoms with van der Waals surface area (Å²) in [5.41, 5.74) is 3.55. The number of carbonyl (C=O) groups excluding carboxylic acids is 1. The number of nitrogens with zero attached hydrogens (tertiary/aromatic N) is 2. The molecule has 4 nitrogen and oxygen atoms in total. The van der Waals surface area contributed by atoms with Crippen LogP contribution in [0.2, 0.25) is 0 Å². The van der Waals surface area contributed by atoms with E-state index in [0.29, 0.717) is 6.54 Å². The summed E-state index contributed by atoms with van der Waals surface area (Å²) in [6, 6.07) is 16.9. The van der Waals surface area contributed by atoms with Gasteiger partial charge in [0.1, 0.15) is 0 Å². The molecule has 2 aromatic carbocycles. The molecular weight excluding hydrogens is 390 g/mol. The zero-order valence-electron chi connectivity index (χ0n) is 17.7. The number of amides is 1. The third kappa shape index (κ3) is 4.73. The lowest BCUT2D eigenvalue weighted by Crippen LogP contribution is -2.35. The minimum Gasteiger partial charge on any atom is -0.378 e. The third-order valence-corrected chi connectivity index (χ3v) is 6.96. The number of benzene rings is 2. The normalized spacial score (nSPS) is 18.5. The van der Waals surface area contributed by atoms with Crippen molar-refractivity contribution in [3.8, 4) is 0 Å². The van der Waals surface area contributed by atoms with Crippen molar-refractivity contribution in [2.75, 3.05) is 25.5 Å². The van der Waals surface area contributed by atoms with Crippen molar-refractivity contribution in [3.63, 3.8) is 0 Å². The summed E-state index contributed by atoms with van der Waals surface area (Å²) in [7, 11) is 4.10. The molecule has 1 N–H and O–H groups in total. The monoisotopic (exact) mass is 419 g/mol. The Labute approximate surface area is 182 Å². The number of hydrogen-bond donors (Lipinski definition) is 1. The van der Waals surface area contributed by atoms with E-state index in [2.05, 4.69) is 52.7 Å². The van der Waals surface area contributed by atoms with E-state index in [0.717, 1.165) is 36.2 Å². The number of carbonyl (C=O) groups is 1. The number of aryl methyl sites for hydroxylation is 1. The zero-order valence-corrected chi connectivity index (χ0v) is 18.5. The fraction of sp³-hybridized carbons (Fsp3) is 0.360. The van der Waals surface area contributed by atoms with Crippen LogP contribution < -0.4 is 10.2 Å². The summed E-state index contributed by atoms with van der Waals surface area (Å²) in [4.78, 5) is 19.9. The van der Waals surface area contributed by atoms with Crippen molar-refractivity contribution >= 4 is 33.1 Å². The highest BCUT2D eigenvalue weighted by atomic mass is 32.1. The largest absolute Gasteiger partial charge is 0.378 e. The van der Waals surface area contributed by atoms with Crippen molar-refractivity contribution < 1.29 is 4.79 Å². The second-order valence-electron chi connectivity index (χ2n) is 8.13. The summed E-state index contributed by atoms with van der Waals surface area (Å²) in [6.45, 7) is 0.709. The van der Waals surface area contributed by atoms with Gasteiger partial charge in [0.2, 0.25) is 5.91 Å². The van der Waals surface area contributed by atoms with Crippen LogP contribution in [0.3, 0.4) is 0 Å². The number of rotatable bonds is 7. The second-order valence-corrected chi connectivity index (χ2v) is 9.19. The Morgan fingerprint density at radius 2 is 1.87 bits per heavy atom. The van der Waals surface area contributed by atoms with Crippen LogP contribution in [0.4, 0.5) is 5.69 Å². The van der Waals surface area contributed by atoms with Gasteiger partial charge in [0, 0.05) is 32.2 Å². The SMILES string of the molecule is CN(C)c1ccc(CCCNC(=O)C2CC=CCC2c2nc3ccccc3s2)cc1. The van der Waals surface area contributed by atoms with E-state index in [1.165, 1.54) is 16.0 Å². The average Bonchev–Trinajstić information content (AvgIpc) is 3.21. The van der Waals surface area contributed by atoms with Gasteiger partial charge in [-0.3, -0.25) is 4.79 Å². The molecule has 0 aliphatic heterocycles. The molecule has 4 rings (SSSR count). The maximum Gasteiger partial charge on any atom is 0.224 e. The number of fused-ring (bicyclic) bond motifs is 1. The van der Waals surface area contributed by atoms with E-state index >= 15 is 0 Å². The summed E-state index contributed by atoms with van der Waals surface area (Å²) in [6.07, 6.45) is 7.92. The van der Waals surface area contributed by atoms with E-state index in [1.807, 2.05) is 32.3 Å². The number of hydrogen-bond acceptors (Lipinski definition) is 4. The van der Waals surface area contributed by atoms with Crippen LogP contribution in [0.5, 0.6) is 0 Å². The Kier molecular flexibility index (Phi) is 6.48. The van der Waals surface area contributed by atoms with Gasteiger partial charge in [-0.25, -0.2) is 4.98 Å². The Morgan fingerprint density at radius 1 is 1.10 bits per heavy atom. The molecule has 2 unspecified atom stereocenters. The summed E-state index contributed by atoms with van der Waals surface area (Å²) < 4.78 is 1.20. The van der Waals surface area contributed by atoms with Crippen LogP contribution in [0.25, 0.3) is 10.2 Å². The van der Waals surface area contributed by atoms with E-state index < -0.39 is 0 Å². The number of aromatic nitrogens is 1.